The van der Waals surface area contributed by atoms with Crippen molar-refractivity contribution >= 4 is 16.6 Å². The number of rotatable bonds is 3. The van der Waals surface area contributed by atoms with E-state index in [1.54, 1.807) is 12.1 Å². The third kappa shape index (κ3) is 2.42. The molecule has 0 aliphatic heterocycles. The predicted octanol–water partition coefficient (Wildman–Crippen LogP) is 4.33. The minimum atomic E-state index is -0.779. The van der Waals surface area contributed by atoms with Crippen LogP contribution in [0.2, 0.25) is 0 Å². The highest BCUT2D eigenvalue weighted by molar-refractivity contribution is 6.05. The molecule has 0 aliphatic rings. The minimum Gasteiger partial charge on any atom is -0.292 e. The van der Waals surface area contributed by atoms with E-state index in [1.165, 1.54) is 0 Å². The average molecular weight is 271 g/mol. The second-order valence-corrected chi connectivity index (χ2v) is 4.86. The van der Waals surface area contributed by atoms with Crippen LogP contribution < -0.4 is 0 Å². The predicted molar refractivity (Wildman–Crippen MR) is 83.1 cm³/mol. The minimum absolute atomic E-state index is 0.158. The highest BCUT2D eigenvalue weighted by atomic mass is 16.1. The SMILES string of the molecule is N#CC(C(=O)c1ccccc1)c1cccc2ccccc12. The number of carbonyl (C=O) groups excluding carboxylic acids is 1. The average Bonchev–Trinajstić information content (AvgIpc) is 2.56. The van der Waals surface area contributed by atoms with Crippen LogP contribution in [0.1, 0.15) is 21.8 Å². The van der Waals surface area contributed by atoms with Gasteiger partial charge in [-0.3, -0.25) is 4.79 Å². The van der Waals surface area contributed by atoms with Crippen molar-refractivity contribution in [2.24, 2.45) is 0 Å². The number of carbonyl (C=O) groups is 1. The van der Waals surface area contributed by atoms with Crippen molar-refractivity contribution in [2.75, 3.05) is 0 Å². The van der Waals surface area contributed by atoms with Gasteiger partial charge >= 0.3 is 0 Å². The third-order valence-corrected chi connectivity index (χ3v) is 3.58. The fraction of sp³-hybridized carbons (Fsp3) is 0.0526. The summed E-state index contributed by atoms with van der Waals surface area (Å²) in [5.41, 5.74) is 1.33. The zero-order valence-corrected chi connectivity index (χ0v) is 11.4. The molecule has 0 aromatic heterocycles. The van der Waals surface area contributed by atoms with Crippen LogP contribution in [0.25, 0.3) is 10.8 Å². The molecule has 0 bridgehead atoms. The number of nitrogens with zero attached hydrogens (tertiary/aromatic N) is 1. The van der Waals surface area contributed by atoms with Gasteiger partial charge in [0.2, 0.25) is 0 Å². The summed E-state index contributed by atoms with van der Waals surface area (Å²) in [7, 11) is 0. The number of ketones is 1. The van der Waals surface area contributed by atoms with Gasteiger partial charge < -0.3 is 0 Å². The van der Waals surface area contributed by atoms with E-state index in [1.807, 2.05) is 60.7 Å². The van der Waals surface area contributed by atoms with Crippen LogP contribution >= 0.6 is 0 Å². The molecule has 3 aromatic rings. The summed E-state index contributed by atoms with van der Waals surface area (Å²) in [5, 5.41) is 11.5. The van der Waals surface area contributed by atoms with E-state index in [4.69, 9.17) is 0 Å². The lowest BCUT2D eigenvalue weighted by Crippen LogP contribution is -2.11. The number of fused-ring (bicyclic) bond motifs is 1. The fourth-order valence-corrected chi connectivity index (χ4v) is 2.54. The molecule has 1 unspecified atom stereocenters. The Balaban J connectivity index is 2.12. The first-order chi connectivity index (χ1) is 10.3. The number of benzene rings is 3. The highest BCUT2D eigenvalue weighted by Gasteiger charge is 2.23. The molecule has 1 atom stereocenters. The van der Waals surface area contributed by atoms with Gasteiger partial charge in [-0.15, -0.1) is 0 Å². The molecule has 3 rings (SSSR count). The van der Waals surface area contributed by atoms with Crippen molar-refractivity contribution < 1.29 is 4.79 Å². The lowest BCUT2D eigenvalue weighted by Gasteiger charge is -2.11. The summed E-state index contributed by atoms with van der Waals surface area (Å²) in [6, 6.07) is 24.7. The van der Waals surface area contributed by atoms with Gasteiger partial charge in [-0.25, -0.2) is 0 Å². The molecule has 2 heteroatoms. The Morgan fingerprint density at radius 2 is 1.52 bits per heavy atom. The van der Waals surface area contributed by atoms with Crippen molar-refractivity contribution in [1.82, 2.24) is 0 Å². The van der Waals surface area contributed by atoms with Crippen LogP contribution in [-0.4, -0.2) is 5.78 Å². The Bertz CT molecular complexity index is 826. The van der Waals surface area contributed by atoms with E-state index >= 15 is 0 Å². The van der Waals surface area contributed by atoms with Crippen molar-refractivity contribution in [3.05, 3.63) is 83.9 Å². The van der Waals surface area contributed by atoms with Crippen molar-refractivity contribution in [3.8, 4) is 6.07 Å². The van der Waals surface area contributed by atoms with E-state index in [0.717, 1.165) is 16.3 Å². The van der Waals surface area contributed by atoms with Crippen LogP contribution in [0, 0.1) is 11.3 Å². The van der Waals surface area contributed by atoms with Crippen molar-refractivity contribution in [2.45, 2.75) is 5.92 Å². The van der Waals surface area contributed by atoms with Gasteiger partial charge in [0.15, 0.2) is 5.78 Å². The molecule has 0 amide bonds. The van der Waals surface area contributed by atoms with Gasteiger partial charge in [-0.05, 0) is 16.3 Å². The molecule has 0 aliphatic carbocycles. The Morgan fingerprint density at radius 3 is 2.29 bits per heavy atom. The molecule has 2 nitrogen and oxygen atoms in total. The first-order valence-corrected chi connectivity index (χ1v) is 6.78. The van der Waals surface area contributed by atoms with Gasteiger partial charge in [-0.1, -0.05) is 72.8 Å². The molecular formula is C19H13NO. The smallest absolute Gasteiger partial charge is 0.184 e. The first-order valence-electron chi connectivity index (χ1n) is 6.78. The van der Waals surface area contributed by atoms with Crippen LogP contribution in [0.5, 0.6) is 0 Å². The maximum absolute atomic E-state index is 12.6. The Morgan fingerprint density at radius 1 is 0.857 bits per heavy atom. The topological polar surface area (TPSA) is 40.9 Å². The third-order valence-electron chi connectivity index (χ3n) is 3.58. The second-order valence-electron chi connectivity index (χ2n) is 4.86. The Hall–Kier alpha value is -2.92. The Labute approximate surface area is 123 Å². The van der Waals surface area contributed by atoms with E-state index in [-0.39, 0.29) is 5.78 Å². The second kappa shape index (κ2) is 5.60. The van der Waals surface area contributed by atoms with E-state index in [9.17, 15) is 10.1 Å². The Kier molecular flexibility index (Phi) is 3.49. The maximum atomic E-state index is 12.6. The molecule has 100 valence electrons. The van der Waals surface area contributed by atoms with Gasteiger partial charge in [0.1, 0.15) is 5.92 Å². The molecule has 0 N–H and O–H groups in total. The largest absolute Gasteiger partial charge is 0.292 e. The molecule has 0 spiro atoms. The van der Waals surface area contributed by atoms with Gasteiger partial charge in [0.05, 0.1) is 6.07 Å². The van der Waals surface area contributed by atoms with E-state index < -0.39 is 5.92 Å². The molecule has 0 heterocycles. The number of hydrogen-bond acceptors (Lipinski definition) is 2. The quantitative estimate of drug-likeness (QED) is 0.665. The molecule has 0 fully saturated rings. The zero-order valence-electron chi connectivity index (χ0n) is 11.4. The summed E-state index contributed by atoms with van der Waals surface area (Å²) in [4.78, 5) is 12.6. The maximum Gasteiger partial charge on any atom is 0.184 e. The van der Waals surface area contributed by atoms with Gasteiger partial charge in [-0.2, -0.15) is 5.26 Å². The van der Waals surface area contributed by atoms with Crippen molar-refractivity contribution in [1.29, 1.82) is 5.26 Å². The first kappa shape index (κ1) is 13.1. The van der Waals surface area contributed by atoms with Crippen LogP contribution in [-0.2, 0) is 0 Å². The normalized spacial score (nSPS) is 11.8. The highest BCUT2D eigenvalue weighted by Crippen LogP contribution is 2.28. The standard InChI is InChI=1S/C19H13NO/c20-13-18(19(21)15-8-2-1-3-9-15)17-12-6-10-14-7-4-5-11-16(14)17/h1-12,18H. The molecule has 0 saturated carbocycles. The summed E-state index contributed by atoms with van der Waals surface area (Å²) >= 11 is 0. The van der Waals surface area contributed by atoms with Gasteiger partial charge in [0.25, 0.3) is 0 Å². The molecular weight excluding hydrogens is 258 g/mol. The molecule has 3 aromatic carbocycles. The monoisotopic (exact) mass is 271 g/mol. The van der Waals surface area contributed by atoms with Crippen LogP contribution in [0.4, 0.5) is 0 Å². The lowest BCUT2D eigenvalue weighted by atomic mass is 9.88. The fourth-order valence-electron chi connectivity index (χ4n) is 2.54. The zero-order chi connectivity index (χ0) is 14.7. The number of nitriles is 1. The van der Waals surface area contributed by atoms with Crippen LogP contribution in [0.3, 0.4) is 0 Å². The lowest BCUT2D eigenvalue weighted by molar-refractivity contribution is 0.0979. The number of Topliss-reactive ketones (excluding diaryl/α,β-unsaturated/α-hetero) is 1. The molecule has 21 heavy (non-hydrogen) atoms. The van der Waals surface area contributed by atoms with Crippen LogP contribution in [0.15, 0.2) is 72.8 Å². The summed E-state index contributed by atoms with van der Waals surface area (Å²) in [5.74, 6) is -0.937. The number of hydrogen-bond donors (Lipinski definition) is 0. The van der Waals surface area contributed by atoms with Gasteiger partial charge in [0, 0.05) is 5.56 Å². The summed E-state index contributed by atoms with van der Waals surface area (Å²) in [6.45, 7) is 0. The molecule has 0 radical (unpaired) electrons. The summed E-state index contributed by atoms with van der Waals surface area (Å²) in [6.07, 6.45) is 0. The molecule has 0 saturated heterocycles. The van der Waals surface area contributed by atoms with E-state index in [0.29, 0.717) is 5.56 Å². The van der Waals surface area contributed by atoms with Crippen molar-refractivity contribution in [3.63, 3.8) is 0 Å². The van der Waals surface area contributed by atoms with E-state index in [2.05, 4.69) is 6.07 Å². The summed E-state index contributed by atoms with van der Waals surface area (Å²) < 4.78 is 0.